The second-order valence-electron chi connectivity index (χ2n) is 7.01. The maximum Gasteiger partial charge on any atom is 0.290 e. The number of imidazole rings is 1. The molecule has 0 unspecified atom stereocenters. The number of benzene rings is 1. The van der Waals surface area contributed by atoms with Gasteiger partial charge in [-0.2, -0.15) is 5.10 Å². The third-order valence-corrected chi connectivity index (χ3v) is 5.65. The number of hydrogen-bond acceptors (Lipinski definition) is 6. The fourth-order valence-electron chi connectivity index (χ4n) is 3.24. The lowest BCUT2D eigenvalue weighted by Gasteiger charge is -2.14. The minimum absolute atomic E-state index is 0. The topological polar surface area (TPSA) is 111 Å². The van der Waals surface area contributed by atoms with Crippen molar-refractivity contribution in [2.45, 2.75) is 67.2 Å². The van der Waals surface area contributed by atoms with Gasteiger partial charge in [0.2, 0.25) is 0 Å². The highest BCUT2D eigenvalue weighted by atomic mass is 32.2. The smallest absolute Gasteiger partial charge is 0.290 e. The Morgan fingerprint density at radius 1 is 1.25 bits per heavy atom. The van der Waals surface area contributed by atoms with Gasteiger partial charge in [-0.1, -0.05) is 52.1 Å². The summed E-state index contributed by atoms with van der Waals surface area (Å²) in [6, 6.07) is 7.88. The predicted molar refractivity (Wildman–Crippen MR) is 146 cm³/mol. The Balaban J connectivity index is 0.00000190. The van der Waals surface area contributed by atoms with Gasteiger partial charge in [-0.25, -0.2) is 4.98 Å². The molecule has 0 radical (unpaired) electrons. The van der Waals surface area contributed by atoms with Crippen LogP contribution >= 0.6 is 11.8 Å². The number of aromatic nitrogens is 4. The van der Waals surface area contributed by atoms with Crippen LogP contribution < -0.4 is 10.1 Å². The summed E-state index contributed by atoms with van der Waals surface area (Å²) in [7, 11) is 0. The van der Waals surface area contributed by atoms with Crippen molar-refractivity contribution >= 4 is 24.1 Å². The molecule has 0 aliphatic carbocycles. The van der Waals surface area contributed by atoms with Crippen molar-refractivity contribution in [3.8, 4) is 5.75 Å². The molecule has 0 aliphatic heterocycles. The standard InChI is InChI=1S/C22H29N5O2S.C2H6.CH2O2.CH4/c1-5-27-19(14-16(3)25-27)21(28)23-11-13-29-20-9-7-8-18(17(20)4)15-26-12-10-24-22(26)30-6-2;1-2;2-1-3;/h7-10,12,14H,5-6,11,13,15H2,1-4H3,(H,23,28);1-2H3;1H,(H,2,3);1H4. The molecule has 3 rings (SSSR count). The highest BCUT2D eigenvalue weighted by molar-refractivity contribution is 7.99. The van der Waals surface area contributed by atoms with Crippen LogP contribution in [0.3, 0.4) is 0 Å². The first kappa shape index (κ1) is 32.7. The minimum atomic E-state index is -0.250. The molecule has 2 heterocycles. The van der Waals surface area contributed by atoms with E-state index >= 15 is 0 Å². The molecule has 0 spiro atoms. The highest BCUT2D eigenvalue weighted by Crippen LogP contribution is 2.24. The monoisotopic (exact) mass is 519 g/mol. The van der Waals surface area contributed by atoms with Crippen molar-refractivity contribution in [1.82, 2.24) is 24.6 Å². The molecule has 0 aliphatic rings. The first-order valence-corrected chi connectivity index (χ1v) is 12.7. The normalized spacial score (nSPS) is 9.61. The summed E-state index contributed by atoms with van der Waals surface area (Å²) in [6.07, 6.45) is 3.84. The van der Waals surface area contributed by atoms with Crippen molar-refractivity contribution in [3.63, 3.8) is 0 Å². The molecule has 0 saturated carbocycles. The van der Waals surface area contributed by atoms with Crippen LogP contribution in [0.15, 0.2) is 41.8 Å². The summed E-state index contributed by atoms with van der Waals surface area (Å²) < 4.78 is 9.82. The van der Waals surface area contributed by atoms with Crippen molar-refractivity contribution in [1.29, 1.82) is 0 Å². The summed E-state index contributed by atoms with van der Waals surface area (Å²) in [6.45, 7) is 14.0. The Hall–Kier alpha value is -3.27. The summed E-state index contributed by atoms with van der Waals surface area (Å²) in [5, 5.41) is 15.1. The van der Waals surface area contributed by atoms with Gasteiger partial charge in [0.1, 0.15) is 18.1 Å². The summed E-state index contributed by atoms with van der Waals surface area (Å²) in [4.78, 5) is 25.2. The van der Waals surface area contributed by atoms with Gasteiger partial charge in [-0.05, 0) is 49.8 Å². The SMILES string of the molecule is C.CC.CCSc1nccn1Cc1cccc(OCCNC(=O)c2cc(C)nn2CC)c1C.O=CO. The number of rotatable bonds is 10. The molecule has 9 nitrogen and oxygen atoms in total. The molecule has 3 aromatic rings. The number of aryl methyl sites for hydroxylation is 2. The van der Waals surface area contributed by atoms with Gasteiger partial charge in [-0.3, -0.25) is 14.3 Å². The van der Waals surface area contributed by atoms with Crippen LogP contribution in [0.1, 0.15) is 62.4 Å². The van der Waals surface area contributed by atoms with Crippen LogP contribution in [-0.4, -0.2) is 55.7 Å². The Labute approximate surface area is 219 Å². The third kappa shape index (κ3) is 9.77. The molecule has 2 aromatic heterocycles. The molecule has 36 heavy (non-hydrogen) atoms. The molecule has 10 heteroatoms. The number of carboxylic acid groups (broad SMARTS) is 1. The Bertz CT molecular complexity index is 1050. The zero-order valence-corrected chi connectivity index (χ0v) is 22.3. The highest BCUT2D eigenvalue weighted by Gasteiger charge is 2.13. The molecule has 0 fully saturated rings. The third-order valence-electron chi connectivity index (χ3n) is 4.77. The van der Waals surface area contributed by atoms with Crippen molar-refractivity contribution in [2.24, 2.45) is 0 Å². The molecule has 1 aromatic carbocycles. The maximum atomic E-state index is 12.4. The number of carbonyl (C=O) groups excluding carboxylic acids is 1. The van der Waals surface area contributed by atoms with E-state index in [-0.39, 0.29) is 19.8 Å². The number of nitrogens with zero attached hydrogens (tertiary/aromatic N) is 4. The average molecular weight is 520 g/mol. The van der Waals surface area contributed by atoms with E-state index in [4.69, 9.17) is 14.6 Å². The fraction of sp³-hybridized carbons (Fsp3) is 0.462. The van der Waals surface area contributed by atoms with E-state index in [2.05, 4.69) is 39.9 Å². The van der Waals surface area contributed by atoms with E-state index in [0.29, 0.717) is 25.4 Å². The number of hydrogen-bond donors (Lipinski definition) is 2. The molecular weight excluding hydrogens is 478 g/mol. The summed E-state index contributed by atoms with van der Waals surface area (Å²) >= 11 is 1.73. The zero-order chi connectivity index (χ0) is 26.2. The predicted octanol–water partition coefficient (Wildman–Crippen LogP) is 5.05. The molecular formula is C26H41N5O4S. The molecule has 1 amide bonds. The van der Waals surface area contributed by atoms with Crippen molar-refractivity contribution in [3.05, 3.63) is 59.2 Å². The van der Waals surface area contributed by atoms with Gasteiger partial charge in [0.25, 0.3) is 12.4 Å². The van der Waals surface area contributed by atoms with Crippen LogP contribution in [-0.2, 0) is 17.9 Å². The zero-order valence-electron chi connectivity index (χ0n) is 21.4. The quantitative estimate of drug-likeness (QED) is 0.219. The Morgan fingerprint density at radius 3 is 2.58 bits per heavy atom. The van der Waals surface area contributed by atoms with Gasteiger partial charge in [0, 0.05) is 25.5 Å². The molecule has 2 N–H and O–H groups in total. The van der Waals surface area contributed by atoms with E-state index < -0.39 is 0 Å². The lowest BCUT2D eigenvalue weighted by Crippen LogP contribution is -2.30. The number of nitrogens with one attached hydrogen (secondary N) is 1. The Kier molecular flexibility index (Phi) is 16.4. The number of carbonyl (C=O) groups is 2. The second kappa shape index (κ2) is 18.1. The largest absolute Gasteiger partial charge is 0.491 e. The van der Waals surface area contributed by atoms with E-state index in [9.17, 15) is 4.79 Å². The van der Waals surface area contributed by atoms with Gasteiger partial charge < -0.3 is 19.7 Å². The van der Waals surface area contributed by atoms with Gasteiger partial charge >= 0.3 is 0 Å². The lowest BCUT2D eigenvalue weighted by molar-refractivity contribution is -0.122. The van der Waals surface area contributed by atoms with E-state index in [1.165, 1.54) is 5.56 Å². The number of thioether (sulfide) groups is 1. The van der Waals surface area contributed by atoms with Gasteiger partial charge in [-0.15, -0.1) is 0 Å². The van der Waals surface area contributed by atoms with Gasteiger partial charge in [0.15, 0.2) is 5.16 Å². The second-order valence-corrected chi connectivity index (χ2v) is 8.24. The van der Waals surface area contributed by atoms with Crippen molar-refractivity contribution < 1.29 is 19.4 Å². The van der Waals surface area contributed by atoms with Crippen LogP contribution in [0.4, 0.5) is 0 Å². The van der Waals surface area contributed by atoms with Crippen LogP contribution in [0.25, 0.3) is 0 Å². The van der Waals surface area contributed by atoms with Gasteiger partial charge in [0.05, 0.1) is 12.2 Å². The van der Waals surface area contributed by atoms with Crippen LogP contribution in [0.2, 0.25) is 0 Å². The van der Waals surface area contributed by atoms with E-state index in [1.807, 2.05) is 52.2 Å². The summed E-state index contributed by atoms with van der Waals surface area (Å²) in [5.41, 5.74) is 3.71. The molecule has 200 valence electrons. The first-order valence-electron chi connectivity index (χ1n) is 11.7. The van der Waals surface area contributed by atoms with Crippen LogP contribution in [0.5, 0.6) is 5.75 Å². The van der Waals surface area contributed by atoms with Crippen molar-refractivity contribution in [2.75, 3.05) is 18.9 Å². The summed E-state index contributed by atoms with van der Waals surface area (Å²) in [5.74, 6) is 1.69. The molecule has 0 atom stereocenters. The Morgan fingerprint density at radius 2 is 1.94 bits per heavy atom. The fourth-order valence-corrected chi connectivity index (χ4v) is 3.93. The lowest BCUT2D eigenvalue weighted by atomic mass is 10.1. The maximum absolute atomic E-state index is 12.4. The first-order chi connectivity index (χ1) is 16.9. The van der Waals surface area contributed by atoms with E-state index in [0.717, 1.165) is 34.5 Å². The molecule has 0 bridgehead atoms. The molecule has 0 saturated heterocycles. The number of ether oxygens (including phenoxy) is 1. The number of amides is 1. The van der Waals surface area contributed by atoms with Crippen LogP contribution in [0, 0.1) is 13.8 Å². The average Bonchev–Trinajstić information content (AvgIpc) is 3.46. The minimum Gasteiger partial charge on any atom is -0.491 e. The van der Waals surface area contributed by atoms with E-state index in [1.54, 1.807) is 22.5 Å².